The molecule has 2 nitrogen and oxygen atoms in total. The van der Waals surface area contributed by atoms with Gasteiger partial charge in [-0.1, -0.05) is 11.6 Å². The van der Waals surface area contributed by atoms with Gasteiger partial charge in [-0.3, -0.25) is 5.01 Å². The Morgan fingerprint density at radius 2 is 2.00 bits per heavy atom. The normalized spacial score (nSPS) is 15.5. The third-order valence-corrected chi connectivity index (χ3v) is 2.26. The molecule has 13 heavy (non-hydrogen) atoms. The Kier molecular flexibility index (Phi) is 2.15. The zero-order valence-corrected chi connectivity index (χ0v) is 8.17. The number of rotatable bonds is 1. The van der Waals surface area contributed by atoms with Crippen molar-refractivity contribution in [2.75, 3.05) is 11.6 Å². The summed E-state index contributed by atoms with van der Waals surface area (Å²) in [4.78, 5) is 0. The largest absolute Gasteiger partial charge is 0.305 e. The van der Waals surface area contributed by atoms with E-state index in [1.165, 1.54) is 5.57 Å². The first-order valence-corrected chi connectivity index (χ1v) is 4.58. The number of hydrazine groups is 1. The van der Waals surface area contributed by atoms with Gasteiger partial charge in [-0.15, -0.1) is 0 Å². The molecule has 1 aromatic rings. The number of halogens is 1. The topological polar surface area (TPSA) is 15.3 Å². The highest BCUT2D eigenvalue weighted by atomic mass is 35.5. The average Bonchev–Trinajstić information content (AvgIpc) is 2.53. The molecule has 0 saturated heterocycles. The van der Waals surface area contributed by atoms with Crippen molar-refractivity contribution in [3.8, 4) is 0 Å². The van der Waals surface area contributed by atoms with Gasteiger partial charge in [0.2, 0.25) is 0 Å². The first-order valence-electron chi connectivity index (χ1n) is 4.20. The molecule has 0 spiro atoms. The number of hydrogen-bond acceptors (Lipinski definition) is 2. The summed E-state index contributed by atoms with van der Waals surface area (Å²) in [5.74, 6) is 0. The van der Waals surface area contributed by atoms with Gasteiger partial charge in [-0.05, 0) is 36.8 Å². The smallest absolute Gasteiger partial charge is 0.0619 e. The molecule has 0 aliphatic carbocycles. The Bertz CT molecular complexity index is 329. The van der Waals surface area contributed by atoms with Gasteiger partial charge < -0.3 is 5.43 Å². The van der Waals surface area contributed by atoms with Gasteiger partial charge in [-0.25, -0.2) is 0 Å². The maximum Gasteiger partial charge on any atom is 0.0619 e. The van der Waals surface area contributed by atoms with Crippen molar-refractivity contribution in [2.45, 2.75) is 6.92 Å². The van der Waals surface area contributed by atoms with Crippen LogP contribution in [-0.4, -0.2) is 6.54 Å². The Morgan fingerprint density at radius 3 is 2.54 bits per heavy atom. The number of hydrogen-bond donors (Lipinski definition) is 1. The maximum absolute atomic E-state index is 5.80. The van der Waals surface area contributed by atoms with Crippen LogP contribution in [-0.2, 0) is 0 Å². The van der Waals surface area contributed by atoms with E-state index in [2.05, 4.69) is 17.4 Å². The van der Waals surface area contributed by atoms with E-state index in [1.807, 2.05) is 30.5 Å². The van der Waals surface area contributed by atoms with Gasteiger partial charge in [0.25, 0.3) is 0 Å². The monoisotopic (exact) mass is 194 g/mol. The average molecular weight is 195 g/mol. The minimum atomic E-state index is 0.771. The SMILES string of the molecule is CC1=CNN(c2ccc(Cl)cc2)C1. The van der Waals surface area contributed by atoms with Crippen LogP contribution in [0.15, 0.2) is 36.0 Å². The van der Waals surface area contributed by atoms with Crippen molar-refractivity contribution in [1.29, 1.82) is 0 Å². The molecule has 3 heteroatoms. The van der Waals surface area contributed by atoms with Crippen LogP contribution in [0.1, 0.15) is 6.92 Å². The van der Waals surface area contributed by atoms with Crippen LogP contribution < -0.4 is 10.4 Å². The van der Waals surface area contributed by atoms with Gasteiger partial charge in [0.1, 0.15) is 0 Å². The predicted octanol–water partition coefficient (Wildman–Crippen LogP) is 2.57. The third kappa shape index (κ3) is 1.78. The van der Waals surface area contributed by atoms with E-state index in [-0.39, 0.29) is 0 Å². The highest BCUT2D eigenvalue weighted by Gasteiger charge is 2.10. The minimum absolute atomic E-state index is 0.771. The van der Waals surface area contributed by atoms with Crippen LogP contribution in [0, 0.1) is 0 Å². The molecule has 1 aliphatic rings. The van der Waals surface area contributed by atoms with Gasteiger partial charge >= 0.3 is 0 Å². The first-order chi connectivity index (χ1) is 6.25. The van der Waals surface area contributed by atoms with Crippen molar-refractivity contribution in [3.63, 3.8) is 0 Å². The van der Waals surface area contributed by atoms with Gasteiger partial charge in [0.15, 0.2) is 0 Å². The van der Waals surface area contributed by atoms with Crippen molar-refractivity contribution in [3.05, 3.63) is 41.1 Å². The lowest BCUT2D eigenvalue weighted by Crippen LogP contribution is -2.29. The molecule has 0 bridgehead atoms. The Balaban J connectivity index is 2.14. The molecule has 1 aliphatic heterocycles. The summed E-state index contributed by atoms with van der Waals surface area (Å²) < 4.78 is 0. The maximum atomic E-state index is 5.80. The summed E-state index contributed by atoms with van der Waals surface area (Å²) in [6.07, 6.45) is 2.01. The fraction of sp³-hybridized carbons (Fsp3) is 0.200. The second-order valence-corrected chi connectivity index (χ2v) is 3.62. The third-order valence-electron chi connectivity index (χ3n) is 2.01. The van der Waals surface area contributed by atoms with Crippen LogP contribution >= 0.6 is 11.6 Å². The summed E-state index contributed by atoms with van der Waals surface area (Å²) in [6, 6.07) is 7.79. The molecule has 68 valence electrons. The molecule has 0 aromatic heterocycles. The Labute approximate surface area is 82.8 Å². The summed E-state index contributed by atoms with van der Waals surface area (Å²) >= 11 is 5.80. The van der Waals surface area contributed by atoms with Crippen LogP contribution in [0.5, 0.6) is 0 Å². The standard InChI is InChI=1S/C10H11ClN2/c1-8-6-12-13(7-8)10-4-2-9(11)3-5-10/h2-6,12H,7H2,1H3. The molecule has 1 N–H and O–H groups in total. The molecule has 0 fully saturated rings. The first kappa shape index (κ1) is 8.45. The molecule has 1 heterocycles. The summed E-state index contributed by atoms with van der Waals surface area (Å²) in [7, 11) is 0. The van der Waals surface area contributed by atoms with Crippen LogP contribution in [0.4, 0.5) is 5.69 Å². The van der Waals surface area contributed by atoms with E-state index in [9.17, 15) is 0 Å². The summed E-state index contributed by atoms with van der Waals surface area (Å²) in [5.41, 5.74) is 5.64. The number of nitrogens with one attached hydrogen (secondary N) is 1. The van der Waals surface area contributed by atoms with Crippen molar-refractivity contribution >= 4 is 17.3 Å². The molecule has 0 saturated carbocycles. The predicted molar refractivity (Wildman–Crippen MR) is 55.7 cm³/mol. The summed E-state index contributed by atoms with van der Waals surface area (Å²) in [6.45, 7) is 3.03. The number of benzene rings is 1. The lowest BCUT2D eigenvalue weighted by atomic mass is 10.3. The van der Waals surface area contributed by atoms with E-state index in [0.29, 0.717) is 0 Å². The molecule has 0 atom stereocenters. The summed E-state index contributed by atoms with van der Waals surface area (Å²) in [5, 5.41) is 2.85. The van der Waals surface area contributed by atoms with E-state index < -0.39 is 0 Å². The molecule has 0 amide bonds. The van der Waals surface area contributed by atoms with E-state index >= 15 is 0 Å². The molecular formula is C10H11ClN2. The van der Waals surface area contributed by atoms with E-state index in [1.54, 1.807) is 0 Å². The second-order valence-electron chi connectivity index (χ2n) is 3.18. The second kappa shape index (κ2) is 3.30. The quantitative estimate of drug-likeness (QED) is 0.739. The van der Waals surface area contributed by atoms with Crippen molar-refractivity contribution < 1.29 is 0 Å². The lowest BCUT2D eigenvalue weighted by molar-refractivity contribution is 0.835. The minimum Gasteiger partial charge on any atom is -0.305 e. The fourth-order valence-corrected chi connectivity index (χ4v) is 1.44. The van der Waals surface area contributed by atoms with Gasteiger partial charge in [0.05, 0.1) is 12.2 Å². The molecule has 2 rings (SSSR count). The zero-order chi connectivity index (χ0) is 9.26. The van der Waals surface area contributed by atoms with E-state index in [0.717, 1.165) is 17.3 Å². The molecule has 1 aromatic carbocycles. The molecular weight excluding hydrogens is 184 g/mol. The van der Waals surface area contributed by atoms with Gasteiger partial charge in [-0.2, -0.15) is 0 Å². The van der Waals surface area contributed by atoms with Crippen molar-refractivity contribution in [1.82, 2.24) is 5.43 Å². The molecule has 0 radical (unpaired) electrons. The Morgan fingerprint density at radius 1 is 1.31 bits per heavy atom. The zero-order valence-electron chi connectivity index (χ0n) is 7.42. The lowest BCUT2D eigenvalue weighted by Gasteiger charge is -2.18. The Hall–Kier alpha value is -1.15. The van der Waals surface area contributed by atoms with Crippen molar-refractivity contribution in [2.24, 2.45) is 0 Å². The highest BCUT2D eigenvalue weighted by molar-refractivity contribution is 6.30. The van der Waals surface area contributed by atoms with Gasteiger partial charge in [0, 0.05) is 11.2 Å². The number of nitrogens with zero attached hydrogens (tertiary/aromatic N) is 1. The van der Waals surface area contributed by atoms with Crippen LogP contribution in [0.25, 0.3) is 0 Å². The van der Waals surface area contributed by atoms with Crippen LogP contribution in [0.3, 0.4) is 0 Å². The molecule has 0 unspecified atom stereocenters. The fourth-order valence-electron chi connectivity index (χ4n) is 1.32. The van der Waals surface area contributed by atoms with Crippen LogP contribution in [0.2, 0.25) is 5.02 Å². The number of anilines is 1. The van der Waals surface area contributed by atoms with E-state index in [4.69, 9.17) is 11.6 Å². The highest BCUT2D eigenvalue weighted by Crippen LogP contribution is 2.19.